The molecule has 0 bridgehead atoms. The molecular formula is C18H19FN4OS. The number of benzene rings is 1. The lowest BCUT2D eigenvalue weighted by molar-refractivity contribution is -0.116. The molecule has 1 aliphatic rings. The summed E-state index contributed by atoms with van der Waals surface area (Å²) in [4.78, 5) is 16.5. The van der Waals surface area contributed by atoms with Crippen LogP contribution in [0.25, 0.3) is 0 Å². The molecule has 0 aliphatic carbocycles. The molecule has 0 spiro atoms. The third-order valence-corrected chi connectivity index (χ3v) is 5.09. The van der Waals surface area contributed by atoms with Crippen molar-refractivity contribution in [3.8, 4) is 6.07 Å². The Morgan fingerprint density at radius 3 is 2.60 bits per heavy atom. The van der Waals surface area contributed by atoms with Crippen molar-refractivity contribution in [1.29, 1.82) is 5.26 Å². The van der Waals surface area contributed by atoms with Gasteiger partial charge in [-0.05, 0) is 35.7 Å². The normalized spacial score (nSPS) is 15.0. The number of piperazine rings is 1. The minimum Gasteiger partial charge on any atom is -0.369 e. The van der Waals surface area contributed by atoms with Crippen LogP contribution in [0.4, 0.5) is 15.1 Å². The predicted molar refractivity (Wildman–Crippen MR) is 97.3 cm³/mol. The van der Waals surface area contributed by atoms with Gasteiger partial charge in [0, 0.05) is 44.8 Å². The molecule has 7 heteroatoms. The second-order valence-electron chi connectivity index (χ2n) is 5.88. The number of halogens is 1. The molecule has 0 atom stereocenters. The molecule has 1 aliphatic heterocycles. The molecule has 0 unspecified atom stereocenters. The van der Waals surface area contributed by atoms with Gasteiger partial charge in [0.1, 0.15) is 16.9 Å². The van der Waals surface area contributed by atoms with Crippen LogP contribution in [-0.4, -0.2) is 43.5 Å². The molecule has 0 saturated carbocycles. The van der Waals surface area contributed by atoms with Crippen LogP contribution in [0.5, 0.6) is 0 Å². The molecule has 2 aromatic rings. The van der Waals surface area contributed by atoms with Crippen molar-refractivity contribution < 1.29 is 9.18 Å². The Balaban J connectivity index is 1.42. The van der Waals surface area contributed by atoms with E-state index in [4.69, 9.17) is 5.26 Å². The van der Waals surface area contributed by atoms with Crippen molar-refractivity contribution in [2.24, 2.45) is 0 Å². The average molecular weight is 358 g/mol. The van der Waals surface area contributed by atoms with Crippen LogP contribution in [0.2, 0.25) is 0 Å². The molecule has 1 N–H and O–H groups in total. The van der Waals surface area contributed by atoms with Crippen LogP contribution in [-0.2, 0) is 4.79 Å². The fourth-order valence-corrected chi connectivity index (χ4v) is 3.58. The first kappa shape index (κ1) is 17.4. The number of carbonyl (C=O) groups excluding carboxylic acids is 1. The molecular weight excluding hydrogens is 339 g/mol. The minimum absolute atomic E-state index is 0.0695. The van der Waals surface area contributed by atoms with Gasteiger partial charge >= 0.3 is 0 Å². The van der Waals surface area contributed by atoms with E-state index in [1.165, 1.54) is 23.5 Å². The van der Waals surface area contributed by atoms with E-state index in [2.05, 4.69) is 21.2 Å². The van der Waals surface area contributed by atoms with Crippen molar-refractivity contribution >= 4 is 27.9 Å². The van der Waals surface area contributed by atoms with Crippen LogP contribution < -0.4 is 10.2 Å². The first-order valence-electron chi connectivity index (χ1n) is 8.16. The van der Waals surface area contributed by atoms with Crippen molar-refractivity contribution in [1.82, 2.24) is 4.90 Å². The topological polar surface area (TPSA) is 59.4 Å². The third-order valence-electron chi connectivity index (χ3n) is 4.26. The fraction of sp³-hybridized carbons (Fsp3) is 0.333. The quantitative estimate of drug-likeness (QED) is 0.893. The second-order valence-corrected chi connectivity index (χ2v) is 6.79. The van der Waals surface area contributed by atoms with Gasteiger partial charge in [0.25, 0.3) is 0 Å². The Hall–Kier alpha value is -2.43. The van der Waals surface area contributed by atoms with E-state index in [1.807, 2.05) is 0 Å². The lowest BCUT2D eigenvalue weighted by Gasteiger charge is -2.36. The van der Waals surface area contributed by atoms with E-state index in [1.54, 1.807) is 23.6 Å². The summed E-state index contributed by atoms with van der Waals surface area (Å²) < 4.78 is 13.0. The fourth-order valence-electron chi connectivity index (χ4n) is 2.82. The van der Waals surface area contributed by atoms with E-state index >= 15 is 0 Å². The summed E-state index contributed by atoms with van der Waals surface area (Å²) in [6.45, 7) is 4.14. The summed E-state index contributed by atoms with van der Waals surface area (Å²) in [6, 6.07) is 10.3. The number of amides is 1. The number of nitrogens with one attached hydrogen (secondary N) is 1. The predicted octanol–water partition coefficient (Wildman–Crippen LogP) is 2.91. The van der Waals surface area contributed by atoms with Gasteiger partial charge in [0.2, 0.25) is 5.91 Å². The maximum absolute atomic E-state index is 13.0. The number of nitrogens with zero attached hydrogens (tertiary/aromatic N) is 3. The largest absolute Gasteiger partial charge is 0.369 e. The van der Waals surface area contributed by atoms with Crippen molar-refractivity contribution in [2.45, 2.75) is 6.42 Å². The second kappa shape index (κ2) is 8.10. The maximum Gasteiger partial charge on any atom is 0.226 e. The molecule has 1 fully saturated rings. The number of rotatable bonds is 5. The zero-order valence-electron chi connectivity index (χ0n) is 13.7. The molecule has 130 valence electrons. The van der Waals surface area contributed by atoms with Crippen LogP contribution in [0.15, 0.2) is 35.7 Å². The Morgan fingerprint density at radius 1 is 1.20 bits per heavy atom. The standard InChI is InChI=1S/C18H19FN4OS/c19-15-1-3-16(4-2-15)23-10-8-22(9-11-23)7-5-17(24)21-18-14(13-20)6-12-25-18/h1-4,6,12H,5,7-11H2,(H,21,24). The van der Waals surface area contributed by atoms with Crippen LogP contribution >= 0.6 is 11.3 Å². The van der Waals surface area contributed by atoms with Crippen molar-refractivity contribution in [3.63, 3.8) is 0 Å². The Kier molecular flexibility index (Phi) is 5.64. The molecule has 5 nitrogen and oxygen atoms in total. The Labute approximate surface area is 150 Å². The molecule has 0 radical (unpaired) electrons. The van der Waals surface area contributed by atoms with Gasteiger partial charge < -0.3 is 10.2 Å². The highest BCUT2D eigenvalue weighted by atomic mass is 32.1. The van der Waals surface area contributed by atoms with Gasteiger partial charge in [-0.2, -0.15) is 5.26 Å². The van der Waals surface area contributed by atoms with Gasteiger partial charge in [-0.3, -0.25) is 9.69 Å². The Bertz CT molecular complexity index is 760. The molecule has 1 aromatic heterocycles. The van der Waals surface area contributed by atoms with E-state index in [0.717, 1.165) is 31.9 Å². The van der Waals surface area contributed by atoms with Gasteiger partial charge in [-0.1, -0.05) is 0 Å². The minimum atomic E-state index is -0.223. The highest BCUT2D eigenvalue weighted by Crippen LogP contribution is 2.22. The van der Waals surface area contributed by atoms with E-state index in [9.17, 15) is 9.18 Å². The van der Waals surface area contributed by atoms with Gasteiger partial charge in [0.05, 0.1) is 5.56 Å². The maximum atomic E-state index is 13.0. The molecule has 2 heterocycles. The first-order valence-corrected chi connectivity index (χ1v) is 9.04. The Morgan fingerprint density at radius 2 is 1.92 bits per heavy atom. The molecule has 1 aromatic carbocycles. The zero-order chi connectivity index (χ0) is 17.6. The monoisotopic (exact) mass is 358 g/mol. The van der Waals surface area contributed by atoms with E-state index in [0.29, 0.717) is 23.5 Å². The lowest BCUT2D eigenvalue weighted by Crippen LogP contribution is -2.47. The average Bonchev–Trinajstić information content (AvgIpc) is 3.08. The van der Waals surface area contributed by atoms with Crippen LogP contribution in [0.3, 0.4) is 0 Å². The van der Waals surface area contributed by atoms with E-state index < -0.39 is 0 Å². The van der Waals surface area contributed by atoms with Crippen molar-refractivity contribution in [3.05, 3.63) is 47.1 Å². The van der Waals surface area contributed by atoms with Crippen LogP contribution in [0.1, 0.15) is 12.0 Å². The third kappa shape index (κ3) is 4.56. The van der Waals surface area contributed by atoms with Gasteiger partial charge in [-0.15, -0.1) is 11.3 Å². The number of hydrogen-bond acceptors (Lipinski definition) is 5. The summed E-state index contributed by atoms with van der Waals surface area (Å²) in [5, 5.41) is 14.2. The highest BCUT2D eigenvalue weighted by molar-refractivity contribution is 7.14. The van der Waals surface area contributed by atoms with Gasteiger partial charge in [-0.25, -0.2) is 4.39 Å². The summed E-state index contributed by atoms with van der Waals surface area (Å²) in [7, 11) is 0. The summed E-state index contributed by atoms with van der Waals surface area (Å²) >= 11 is 1.36. The first-order chi connectivity index (χ1) is 12.2. The molecule has 1 saturated heterocycles. The van der Waals surface area contributed by atoms with E-state index in [-0.39, 0.29) is 11.7 Å². The zero-order valence-corrected chi connectivity index (χ0v) is 14.6. The van der Waals surface area contributed by atoms with Crippen LogP contribution in [0, 0.1) is 17.1 Å². The summed E-state index contributed by atoms with van der Waals surface area (Å²) in [6.07, 6.45) is 0.402. The lowest BCUT2D eigenvalue weighted by atomic mass is 10.2. The summed E-state index contributed by atoms with van der Waals surface area (Å²) in [5.74, 6) is -0.293. The number of nitriles is 1. The number of anilines is 2. The van der Waals surface area contributed by atoms with Gasteiger partial charge in [0.15, 0.2) is 0 Å². The molecule has 1 amide bonds. The number of thiophene rings is 1. The smallest absolute Gasteiger partial charge is 0.226 e. The highest BCUT2D eigenvalue weighted by Gasteiger charge is 2.18. The molecule has 3 rings (SSSR count). The van der Waals surface area contributed by atoms with Crippen molar-refractivity contribution in [2.75, 3.05) is 42.9 Å². The molecule has 25 heavy (non-hydrogen) atoms. The summed E-state index contributed by atoms with van der Waals surface area (Å²) in [5.41, 5.74) is 1.53. The number of carbonyl (C=O) groups is 1. The SMILES string of the molecule is N#Cc1ccsc1NC(=O)CCN1CCN(c2ccc(F)cc2)CC1. The number of hydrogen-bond donors (Lipinski definition) is 1.